The molecule has 1 amide bonds. The lowest BCUT2D eigenvalue weighted by Gasteiger charge is -2.25. The monoisotopic (exact) mass is 508 g/mol. The molecule has 0 radical (unpaired) electrons. The first-order valence-corrected chi connectivity index (χ1v) is 12.1. The Kier molecular flexibility index (Phi) is 7.00. The lowest BCUT2D eigenvalue weighted by molar-refractivity contribution is -0.140. The predicted octanol–water partition coefficient (Wildman–Crippen LogP) is 5.73. The quantitative estimate of drug-likeness (QED) is 0.196. The predicted molar refractivity (Wildman–Crippen MR) is 140 cm³/mol. The minimum Gasteiger partial charge on any atom is -0.507 e. The van der Waals surface area contributed by atoms with Gasteiger partial charge in [-0.1, -0.05) is 48.0 Å². The van der Waals surface area contributed by atoms with Gasteiger partial charge in [0.15, 0.2) is 0 Å². The van der Waals surface area contributed by atoms with Crippen LogP contribution in [0.3, 0.4) is 0 Å². The normalized spacial score (nSPS) is 16.6. The van der Waals surface area contributed by atoms with Crippen LogP contribution in [-0.4, -0.2) is 26.7 Å². The zero-order valence-electron chi connectivity index (χ0n) is 20.7. The van der Waals surface area contributed by atoms with Crippen molar-refractivity contribution in [3.8, 4) is 5.75 Å². The number of likely N-dealkylation sites (tertiary alicyclic amines) is 1. The largest absolute Gasteiger partial charge is 0.507 e. The van der Waals surface area contributed by atoms with Gasteiger partial charge < -0.3 is 14.7 Å². The van der Waals surface area contributed by atoms with E-state index in [0.29, 0.717) is 23.5 Å². The fraction of sp³-hybridized carbons (Fsp3) is 0.129. The van der Waals surface area contributed by atoms with Gasteiger partial charge in [0, 0.05) is 24.5 Å². The van der Waals surface area contributed by atoms with E-state index in [4.69, 9.17) is 4.74 Å². The number of halogens is 1. The summed E-state index contributed by atoms with van der Waals surface area (Å²) in [5.74, 6) is -1.71. The number of carbonyl (C=O) groups is 2. The van der Waals surface area contributed by atoms with Crippen LogP contribution >= 0.6 is 0 Å². The van der Waals surface area contributed by atoms with Crippen LogP contribution in [0.15, 0.2) is 103 Å². The Bertz CT molecular complexity index is 1500. The minimum atomic E-state index is -0.895. The summed E-state index contributed by atoms with van der Waals surface area (Å²) in [4.78, 5) is 31.8. The number of aliphatic hydroxyl groups excluding tert-OH is 1. The fourth-order valence-corrected chi connectivity index (χ4v) is 4.56. The molecular formula is C31H25FN2O4. The van der Waals surface area contributed by atoms with E-state index in [1.54, 1.807) is 48.8 Å². The highest BCUT2D eigenvalue weighted by Gasteiger charge is 2.46. The third-order valence-corrected chi connectivity index (χ3v) is 6.42. The van der Waals surface area contributed by atoms with E-state index in [1.807, 2.05) is 31.2 Å². The average Bonchev–Trinajstić information content (AvgIpc) is 3.18. The number of aryl methyl sites for hydroxylation is 1. The molecule has 1 aliphatic rings. The van der Waals surface area contributed by atoms with Gasteiger partial charge in [0.25, 0.3) is 11.7 Å². The fourth-order valence-electron chi connectivity index (χ4n) is 4.56. The molecule has 6 nitrogen and oxygen atoms in total. The van der Waals surface area contributed by atoms with E-state index in [1.165, 1.54) is 29.2 Å². The molecule has 1 fully saturated rings. The number of hydrogen-bond donors (Lipinski definition) is 1. The number of aromatic nitrogens is 1. The highest BCUT2D eigenvalue weighted by atomic mass is 19.1. The molecular weight excluding hydrogens is 483 g/mol. The molecule has 1 aliphatic heterocycles. The summed E-state index contributed by atoms with van der Waals surface area (Å²) in [5, 5.41) is 11.3. The first kappa shape index (κ1) is 24.9. The van der Waals surface area contributed by atoms with E-state index >= 15 is 0 Å². The van der Waals surface area contributed by atoms with Crippen molar-refractivity contribution in [3.05, 3.63) is 137 Å². The Morgan fingerprint density at radius 1 is 0.974 bits per heavy atom. The number of rotatable bonds is 7. The Balaban J connectivity index is 1.47. The molecule has 1 unspecified atom stereocenters. The van der Waals surface area contributed by atoms with Crippen molar-refractivity contribution in [2.45, 2.75) is 26.1 Å². The summed E-state index contributed by atoms with van der Waals surface area (Å²) in [5.41, 5.74) is 3.70. The number of aliphatic hydroxyl groups is 1. The smallest absolute Gasteiger partial charge is 0.295 e. The Morgan fingerprint density at radius 2 is 1.71 bits per heavy atom. The molecule has 0 spiro atoms. The van der Waals surface area contributed by atoms with E-state index in [-0.39, 0.29) is 17.9 Å². The number of carbonyl (C=O) groups excluding carboxylic acids is 2. The Labute approximate surface area is 219 Å². The first-order valence-electron chi connectivity index (χ1n) is 12.1. The third kappa shape index (κ3) is 5.18. The van der Waals surface area contributed by atoms with Gasteiger partial charge in [-0.05, 0) is 66.1 Å². The van der Waals surface area contributed by atoms with Crippen molar-refractivity contribution in [1.82, 2.24) is 9.88 Å². The molecule has 7 heteroatoms. The molecule has 38 heavy (non-hydrogen) atoms. The van der Waals surface area contributed by atoms with Crippen molar-refractivity contribution >= 4 is 17.4 Å². The van der Waals surface area contributed by atoms with Gasteiger partial charge in [0.1, 0.15) is 23.9 Å². The summed E-state index contributed by atoms with van der Waals surface area (Å²) in [6.07, 6.45) is 3.22. The lowest BCUT2D eigenvalue weighted by atomic mass is 9.95. The molecule has 1 aromatic heterocycles. The van der Waals surface area contributed by atoms with Crippen LogP contribution in [-0.2, 0) is 22.7 Å². The SMILES string of the molecule is Cc1cccc(COc2ccc(C(O)=C3C(=O)C(=O)N(Cc4cccnc4)C3c3ccc(F)cc3)cc2)c1. The lowest BCUT2D eigenvalue weighted by Crippen LogP contribution is -2.29. The number of benzene rings is 3. The number of pyridine rings is 1. The highest BCUT2D eigenvalue weighted by molar-refractivity contribution is 6.46. The van der Waals surface area contributed by atoms with E-state index in [2.05, 4.69) is 4.98 Å². The number of nitrogens with zero attached hydrogens (tertiary/aromatic N) is 2. The topological polar surface area (TPSA) is 79.7 Å². The molecule has 0 bridgehead atoms. The molecule has 4 aromatic rings. The molecule has 1 saturated heterocycles. The summed E-state index contributed by atoms with van der Waals surface area (Å²) >= 11 is 0. The van der Waals surface area contributed by atoms with E-state index < -0.39 is 23.5 Å². The maximum Gasteiger partial charge on any atom is 0.295 e. The molecule has 5 rings (SSSR count). The second kappa shape index (κ2) is 10.7. The number of Topliss-reactive ketones (excluding diaryl/α,β-unsaturated/α-hetero) is 1. The van der Waals surface area contributed by atoms with Crippen LogP contribution in [0.2, 0.25) is 0 Å². The zero-order valence-corrected chi connectivity index (χ0v) is 20.7. The van der Waals surface area contributed by atoms with Crippen molar-refractivity contribution in [2.24, 2.45) is 0 Å². The van der Waals surface area contributed by atoms with E-state index in [9.17, 15) is 19.1 Å². The third-order valence-electron chi connectivity index (χ3n) is 6.42. The summed E-state index contributed by atoms with van der Waals surface area (Å²) < 4.78 is 19.6. The first-order chi connectivity index (χ1) is 18.4. The summed E-state index contributed by atoms with van der Waals surface area (Å²) in [6, 6.07) is 22.9. The zero-order chi connectivity index (χ0) is 26.6. The van der Waals surface area contributed by atoms with Crippen LogP contribution < -0.4 is 4.74 Å². The van der Waals surface area contributed by atoms with Gasteiger partial charge in [-0.2, -0.15) is 0 Å². The van der Waals surface area contributed by atoms with Gasteiger partial charge in [0.2, 0.25) is 0 Å². The second-order valence-corrected chi connectivity index (χ2v) is 9.14. The van der Waals surface area contributed by atoms with Gasteiger partial charge in [-0.15, -0.1) is 0 Å². The number of hydrogen-bond acceptors (Lipinski definition) is 5. The molecule has 0 aliphatic carbocycles. The molecule has 190 valence electrons. The molecule has 1 N–H and O–H groups in total. The van der Waals surface area contributed by atoms with Gasteiger partial charge in [-0.3, -0.25) is 14.6 Å². The molecule has 2 heterocycles. The molecule has 0 saturated carbocycles. The minimum absolute atomic E-state index is 0.0565. The average molecular weight is 509 g/mol. The van der Waals surface area contributed by atoms with Gasteiger partial charge in [-0.25, -0.2) is 4.39 Å². The van der Waals surface area contributed by atoms with Crippen LogP contribution in [0, 0.1) is 12.7 Å². The second-order valence-electron chi connectivity index (χ2n) is 9.14. The van der Waals surface area contributed by atoms with Crippen molar-refractivity contribution < 1.29 is 23.8 Å². The van der Waals surface area contributed by atoms with Crippen LogP contribution in [0.25, 0.3) is 5.76 Å². The number of ketones is 1. The van der Waals surface area contributed by atoms with Crippen LogP contribution in [0.4, 0.5) is 4.39 Å². The summed E-state index contributed by atoms with van der Waals surface area (Å²) in [7, 11) is 0. The maximum absolute atomic E-state index is 13.7. The maximum atomic E-state index is 13.7. The van der Waals surface area contributed by atoms with Crippen molar-refractivity contribution in [2.75, 3.05) is 0 Å². The standard InChI is InChI=1S/C31H25FN2O4/c1-20-4-2-5-21(16-20)19-38-26-13-9-24(10-14-26)29(35)27-28(23-7-11-25(32)12-8-23)34(31(37)30(27)36)18-22-6-3-15-33-17-22/h2-17,28,35H,18-19H2,1H3. The summed E-state index contributed by atoms with van der Waals surface area (Å²) in [6.45, 7) is 2.50. The number of ether oxygens (including phenoxy) is 1. The van der Waals surface area contributed by atoms with Crippen LogP contribution in [0.1, 0.15) is 33.9 Å². The Morgan fingerprint density at radius 3 is 2.39 bits per heavy atom. The van der Waals surface area contributed by atoms with Gasteiger partial charge in [0.05, 0.1) is 11.6 Å². The van der Waals surface area contributed by atoms with Crippen LogP contribution in [0.5, 0.6) is 5.75 Å². The number of amides is 1. The molecule has 1 atom stereocenters. The van der Waals surface area contributed by atoms with E-state index in [0.717, 1.165) is 16.7 Å². The highest BCUT2D eigenvalue weighted by Crippen LogP contribution is 2.40. The van der Waals surface area contributed by atoms with Gasteiger partial charge >= 0.3 is 0 Å². The molecule has 3 aromatic carbocycles. The van der Waals surface area contributed by atoms with Crippen molar-refractivity contribution in [1.29, 1.82) is 0 Å². The van der Waals surface area contributed by atoms with Crippen molar-refractivity contribution in [3.63, 3.8) is 0 Å². The Hall–Kier alpha value is -4.78.